The van der Waals surface area contributed by atoms with Crippen LogP contribution in [-0.4, -0.2) is 55.1 Å². The van der Waals surface area contributed by atoms with Crippen LogP contribution < -0.4 is 5.73 Å². The molecule has 3 aliphatic rings. The maximum absolute atomic E-state index is 5.91. The van der Waals surface area contributed by atoms with Crippen LogP contribution in [0.5, 0.6) is 0 Å². The van der Waals surface area contributed by atoms with E-state index in [-0.39, 0.29) is 0 Å². The Hall–Kier alpha value is -0.120. The van der Waals surface area contributed by atoms with Crippen LogP contribution in [0.3, 0.4) is 0 Å². The lowest BCUT2D eigenvalue weighted by Gasteiger charge is -2.39. The molecule has 3 rings (SSSR count). The average molecular weight is 223 g/mol. The Labute approximate surface area is 99.0 Å². The summed E-state index contributed by atoms with van der Waals surface area (Å²) in [7, 11) is 0. The van der Waals surface area contributed by atoms with Gasteiger partial charge in [0.05, 0.1) is 0 Å². The summed E-state index contributed by atoms with van der Waals surface area (Å²) in [4.78, 5) is 5.32. The van der Waals surface area contributed by atoms with Crippen molar-refractivity contribution in [2.24, 2.45) is 17.6 Å². The number of hydrogen-bond acceptors (Lipinski definition) is 3. The van der Waals surface area contributed by atoms with Gasteiger partial charge in [0.2, 0.25) is 0 Å². The molecule has 1 saturated heterocycles. The van der Waals surface area contributed by atoms with Crippen LogP contribution in [0.25, 0.3) is 0 Å². The molecule has 16 heavy (non-hydrogen) atoms. The fourth-order valence-electron chi connectivity index (χ4n) is 3.06. The zero-order valence-corrected chi connectivity index (χ0v) is 10.3. The summed E-state index contributed by atoms with van der Waals surface area (Å²) in [5.41, 5.74) is 5.91. The van der Waals surface area contributed by atoms with E-state index in [9.17, 15) is 0 Å². The van der Waals surface area contributed by atoms with Gasteiger partial charge in [-0.05, 0) is 37.5 Å². The van der Waals surface area contributed by atoms with Gasteiger partial charge in [0.15, 0.2) is 0 Å². The van der Waals surface area contributed by atoms with E-state index in [1.165, 1.54) is 58.4 Å². The third kappa shape index (κ3) is 2.58. The number of rotatable bonds is 5. The predicted octanol–water partition coefficient (Wildman–Crippen LogP) is 0.751. The predicted molar refractivity (Wildman–Crippen MR) is 66.3 cm³/mol. The van der Waals surface area contributed by atoms with Gasteiger partial charge in [-0.3, -0.25) is 4.90 Å². The lowest BCUT2D eigenvalue weighted by Crippen LogP contribution is -2.53. The Morgan fingerprint density at radius 2 is 1.69 bits per heavy atom. The number of piperazine rings is 1. The molecule has 3 heteroatoms. The summed E-state index contributed by atoms with van der Waals surface area (Å²) in [5, 5.41) is 0. The van der Waals surface area contributed by atoms with E-state index in [1.807, 2.05) is 0 Å². The largest absolute Gasteiger partial charge is 0.329 e. The number of hydrogen-bond donors (Lipinski definition) is 1. The van der Waals surface area contributed by atoms with Gasteiger partial charge in [-0.25, -0.2) is 0 Å². The molecule has 2 aliphatic carbocycles. The van der Waals surface area contributed by atoms with Gasteiger partial charge in [0.25, 0.3) is 0 Å². The van der Waals surface area contributed by atoms with Crippen LogP contribution in [-0.2, 0) is 0 Å². The molecule has 1 unspecified atom stereocenters. The smallest absolute Gasteiger partial charge is 0.0247 e. The van der Waals surface area contributed by atoms with Crippen LogP contribution in [0.1, 0.15) is 25.7 Å². The Balaban J connectivity index is 1.45. The summed E-state index contributed by atoms with van der Waals surface area (Å²) < 4.78 is 0. The van der Waals surface area contributed by atoms with Gasteiger partial charge >= 0.3 is 0 Å². The molecule has 1 aliphatic heterocycles. The summed E-state index contributed by atoms with van der Waals surface area (Å²) in [6.07, 6.45) is 5.80. The highest BCUT2D eigenvalue weighted by Crippen LogP contribution is 2.35. The maximum atomic E-state index is 5.91. The normalized spacial score (nSPS) is 30.6. The first-order valence-electron chi connectivity index (χ1n) is 7.03. The highest BCUT2D eigenvalue weighted by molar-refractivity contribution is 4.91. The van der Waals surface area contributed by atoms with Gasteiger partial charge in [-0.15, -0.1) is 0 Å². The zero-order chi connectivity index (χ0) is 11.0. The average Bonchev–Trinajstić information content (AvgIpc) is 3.13. The first-order valence-corrected chi connectivity index (χ1v) is 7.03. The van der Waals surface area contributed by atoms with Crippen LogP contribution in [0, 0.1) is 11.8 Å². The Kier molecular flexibility index (Phi) is 3.18. The molecule has 3 fully saturated rings. The highest BCUT2D eigenvalue weighted by atomic mass is 15.3. The van der Waals surface area contributed by atoms with Crippen molar-refractivity contribution >= 4 is 0 Å². The lowest BCUT2D eigenvalue weighted by molar-refractivity contribution is 0.0872. The third-order valence-corrected chi connectivity index (χ3v) is 4.50. The van der Waals surface area contributed by atoms with E-state index in [2.05, 4.69) is 9.80 Å². The molecule has 2 saturated carbocycles. The third-order valence-electron chi connectivity index (χ3n) is 4.50. The summed E-state index contributed by atoms with van der Waals surface area (Å²) in [5.74, 6) is 1.97. The molecule has 3 nitrogen and oxygen atoms in total. The highest BCUT2D eigenvalue weighted by Gasteiger charge is 2.36. The fourth-order valence-corrected chi connectivity index (χ4v) is 3.06. The van der Waals surface area contributed by atoms with Gasteiger partial charge < -0.3 is 10.6 Å². The van der Waals surface area contributed by atoms with Crippen molar-refractivity contribution in [3.63, 3.8) is 0 Å². The number of nitrogens with two attached hydrogens (primary N) is 1. The molecular formula is C13H25N3. The van der Waals surface area contributed by atoms with Crippen molar-refractivity contribution in [1.29, 1.82) is 0 Å². The Morgan fingerprint density at radius 1 is 1.00 bits per heavy atom. The lowest BCUT2D eigenvalue weighted by atomic mass is 10.1. The topological polar surface area (TPSA) is 32.5 Å². The van der Waals surface area contributed by atoms with Crippen molar-refractivity contribution in [3.8, 4) is 0 Å². The molecule has 2 N–H and O–H groups in total. The van der Waals surface area contributed by atoms with E-state index < -0.39 is 0 Å². The van der Waals surface area contributed by atoms with Crippen molar-refractivity contribution in [2.45, 2.75) is 31.7 Å². The van der Waals surface area contributed by atoms with E-state index in [0.29, 0.717) is 6.04 Å². The Morgan fingerprint density at radius 3 is 2.19 bits per heavy atom. The quantitative estimate of drug-likeness (QED) is 0.746. The minimum absolute atomic E-state index is 0.697. The molecule has 0 radical (unpaired) electrons. The molecule has 0 aromatic rings. The van der Waals surface area contributed by atoms with Crippen molar-refractivity contribution < 1.29 is 0 Å². The zero-order valence-electron chi connectivity index (χ0n) is 10.3. The maximum Gasteiger partial charge on any atom is 0.0247 e. The fraction of sp³-hybridized carbons (Fsp3) is 1.00. The molecule has 0 aromatic heterocycles. The Bertz CT molecular complexity index is 227. The second-order valence-corrected chi connectivity index (χ2v) is 5.92. The number of nitrogens with zero attached hydrogens (tertiary/aromatic N) is 2. The summed E-state index contributed by atoms with van der Waals surface area (Å²) >= 11 is 0. The summed E-state index contributed by atoms with van der Waals surface area (Å²) in [6.45, 7) is 7.30. The van der Waals surface area contributed by atoms with Gasteiger partial charge in [-0.2, -0.15) is 0 Å². The molecule has 0 amide bonds. The first-order chi connectivity index (χ1) is 7.86. The van der Waals surface area contributed by atoms with E-state index in [0.717, 1.165) is 18.4 Å². The minimum Gasteiger partial charge on any atom is -0.329 e. The van der Waals surface area contributed by atoms with Crippen LogP contribution in [0.4, 0.5) is 0 Å². The molecular weight excluding hydrogens is 198 g/mol. The minimum atomic E-state index is 0.697. The molecule has 1 atom stereocenters. The van der Waals surface area contributed by atoms with Crippen LogP contribution >= 0.6 is 0 Å². The second-order valence-electron chi connectivity index (χ2n) is 5.92. The van der Waals surface area contributed by atoms with Gasteiger partial charge in [0, 0.05) is 45.3 Å². The molecule has 0 bridgehead atoms. The van der Waals surface area contributed by atoms with Crippen LogP contribution in [0.2, 0.25) is 0 Å². The molecule has 92 valence electrons. The molecule has 0 aromatic carbocycles. The van der Waals surface area contributed by atoms with Gasteiger partial charge in [-0.1, -0.05) is 0 Å². The monoisotopic (exact) mass is 223 g/mol. The van der Waals surface area contributed by atoms with Crippen molar-refractivity contribution in [3.05, 3.63) is 0 Å². The summed E-state index contributed by atoms with van der Waals surface area (Å²) in [6, 6.07) is 0.697. The van der Waals surface area contributed by atoms with Crippen molar-refractivity contribution in [2.75, 3.05) is 39.3 Å². The molecule has 1 heterocycles. The van der Waals surface area contributed by atoms with E-state index >= 15 is 0 Å². The van der Waals surface area contributed by atoms with E-state index in [1.54, 1.807) is 0 Å². The standard InChI is InChI=1S/C13H25N3/c14-9-13(12-3-4-12)16-7-5-15(6-8-16)10-11-1-2-11/h11-13H,1-10,14H2. The van der Waals surface area contributed by atoms with Crippen molar-refractivity contribution in [1.82, 2.24) is 9.80 Å². The van der Waals surface area contributed by atoms with Gasteiger partial charge in [0.1, 0.15) is 0 Å². The van der Waals surface area contributed by atoms with E-state index in [4.69, 9.17) is 5.73 Å². The van der Waals surface area contributed by atoms with Crippen LogP contribution in [0.15, 0.2) is 0 Å². The first kappa shape index (κ1) is 11.0. The molecule has 0 spiro atoms. The second kappa shape index (κ2) is 4.63. The SMILES string of the molecule is NCC(C1CC1)N1CCN(CC2CC2)CC1.